The molecule has 2 rings (SSSR count). The first kappa shape index (κ1) is 18.7. The molecular weight excluding hydrogens is 324 g/mol. The fraction of sp³-hybridized carbons (Fsp3) is 0.556. The summed E-state index contributed by atoms with van der Waals surface area (Å²) in [6, 6.07) is 10.1. The average Bonchev–Trinajstić information content (AvgIpc) is 2.82. The molecule has 1 fully saturated rings. The van der Waals surface area contributed by atoms with Gasteiger partial charge in [-0.15, -0.1) is 0 Å². The van der Waals surface area contributed by atoms with E-state index in [1.807, 2.05) is 25.1 Å². The highest BCUT2D eigenvalue weighted by Gasteiger charge is 2.61. The van der Waals surface area contributed by atoms with Crippen molar-refractivity contribution in [1.82, 2.24) is 0 Å². The van der Waals surface area contributed by atoms with E-state index in [1.165, 1.54) is 19.0 Å². The number of esters is 2. The number of rotatable bonds is 5. The molecule has 0 aliphatic carbocycles. The van der Waals surface area contributed by atoms with Crippen LogP contribution >= 0.6 is 0 Å². The summed E-state index contributed by atoms with van der Waals surface area (Å²) >= 11 is 0. The molecule has 0 N–H and O–H groups in total. The predicted molar refractivity (Wildman–Crippen MR) is 93.6 cm³/mol. The molecule has 1 saturated heterocycles. The van der Waals surface area contributed by atoms with E-state index in [-0.39, 0.29) is 24.6 Å². The van der Waals surface area contributed by atoms with Crippen LogP contribution in [0.5, 0.6) is 0 Å². The number of hydrogen-bond donors (Lipinski definition) is 0. The van der Waals surface area contributed by atoms with Crippen molar-refractivity contribution in [3.63, 3.8) is 0 Å². The van der Waals surface area contributed by atoms with Crippen molar-refractivity contribution < 1.29 is 23.8 Å². The second kappa shape index (κ2) is 7.07. The van der Waals surface area contributed by atoms with Crippen molar-refractivity contribution in [2.24, 2.45) is 0 Å². The smallest absolute Gasteiger partial charge is 0.302 e. The van der Waals surface area contributed by atoms with Gasteiger partial charge < -0.3 is 14.2 Å². The van der Waals surface area contributed by atoms with E-state index in [0.717, 1.165) is 0 Å². The highest BCUT2D eigenvalue weighted by Crippen LogP contribution is 2.40. The summed E-state index contributed by atoms with van der Waals surface area (Å²) in [5, 5.41) is 0.369. The van der Waals surface area contributed by atoms with Crippen LogP contribution in [-0.4, -0.2) is 44.1 Å². The van der Waals surface area contributed by atoms with Crippen LogP contribution in [0.1, 0.15) is 27.2 Å². The Morgan fingerprint density at radius 3 is 2.38 bits per heavy atom. The zero-order valence-corrected chi connectivity index (χ0v) is 16.0. The molecular formula is C18H26O5Si. The minimum atomic E-state index is -2.31. The first-order chi connectivity index (χ1) is 11.2. The lowest BCUT2D eigenvalue weighted by molar-refractivity contribution is -0.160. The van der Waals surface area contributed by atoms with Gasteiger partial charge >= 0.3 is 11.9 Å². The van der Waals surface area contributed by atoms with E-state index in [0.29, 0.717) is 6.42 Å². The number of benzene rings is 1. The molecule has 1 aromatic rings. The van der Waals surface area contributed by atoms with Crippen LogP contribution in [0.3, 0.4) is 0 Å². The fourth-order valence-corrected chi connectivity index (χ4v) is 6.91. The van der Waals surface area contributed by atoms with Crippen molar-refractivity contribution in [1.29, 1.82) is 0 Å². The van der Waals surface area contributed by atoms with Gasteiger partial charge in [-0.05, 0) is 6.92 Å². The molecule has 132 valence electrons. The third-order valence-electron chi connectivity index (χ3n) is 4.83. The number of carbonyl (C=O) groups excluding carboxylic acids is 2. The molecule has 0 spiro atoms. The maximum atomic E-state index is 11.6. The van der Waals surface area contributed by atoms with Gasteiger partial charge in [0.05, 0.1) is 6.10 Å². The normalized spacial score (nSPS) is 26.9. The third-order valence-corrected chi connectivity index (χ3v) is 9.31. The van der Waals surface area contributed by atoms with Crippen LogP contribution in [0.15, 0.2) is 30.3 Å². The minimum Gasteiger partial charge on any atom is -0.463 e. The van der Waals surface area contributed by atoms with Crippen LogP contribution in [0.4, 0.5) is 0 Å². The maximum absolute atomic E-state index is 11.6. The molecule has 1 aromatic carbocycles. The van der Waals surface area contributed by atoms with Gasteiger partial charge in [-0.2, -0.15) is 0 Å². The van der Waals surface area contributed by atoms with Gasteiger partial charge in [0.2, 0.25) is 0 Å². The Morgan fingerprint density at radius 2 is 1.83 bits per heavy atom. The lowest BCUT2D eigenvalue weighted by Gasteiger charge is -2.44. The van der Waals surface area contributed by atoms with Gasteiger partial charge in [0, 0.05) is 20.3 Å². The van der Waals surface area contributed by atoms with E-state index < -0.39 is 19.4 Å². The molecule has 6 heteroatoms. The van der Waals surface area contributed by atoms with Crippen LogP contribution in [0.2, 0.25) is 13.1 Å². The largest absolute Gasteiger partial charge is 0.463 e. The second-order valence-corrected chi connectivity index (χ2v) is 11.6. The second-order valence-electron chi connectivity index (χ2n) is 6.92. The molecule has 1 aliphatic rings. The highest BCUT2D eigenvalue weighted by molar-refractivity contribution is 6.92. The summed E-state index contributed by atoms with van der Waals surface area (Å²) in [6.07, 6.45) is 0.107. The SMILES string of the molecule is CC(=O)OCC1([Si](C)(C)c2ccccc2)O[C@@H](C)C[C@H]1OC(C)=O. The van der Waals surface area contributed by atoms with Gasteiger partial charge in [0.15, 0.2) is 0 Å². The number of hydrogen-bond acceptors (Lipinski definition) is 5. The summed E-state index contributed by atoms with van der Waals surface area (Å²) in [5.74, 6) is -0.709. The summed E-state index contributed by atoms with van der Waals surface area (Å²) in [6.45, 7) is 9.17. The Morgan fingerprint density at radius 1 is 1.21 bits per heavy atom. The Labute approximate surface area is 144 Å². The van der Waals surface area contributed by atoms with Crippen molar-refractivity contribution in [2.45, 2.75) is 57.7 Å². The highest BCUT2D eigenvalue weighted by atomic mass is 28.3. The number of carbonyl (C=O) groups is 2. The van der Waals surface area contributed by atoms with Crippen molar-refractivity contribution in [2.75, 3.05) is 6.61 Å². The molecule has 5 nitrogen and oxygen atoms in total. The molecule has 3 atom stereocenters. The Hall–Kier alpha value is -1.66. The minimum absolute atomic E-state index is 0.0691. The summed E-state index contributed by atoms with van der Waals surface area (Å²) in [4.78, 5) is 23.1. The molecule has 0 saturated carbocycles. The van der Waals surface area contributed by atoms with Crippen molar-refractivity contribution in [3.05, 3.63) is 30.3 Å². The Bertz CT molecular complexity index is 601. The molecule has 0 amide bonds. The fourth-order valence-electron chi connectivity index (χ4n) is 3.48. The molecule has 0 bridgehead atoms. The Kier molecular flexibility index (Phi) is 5.50. The molecule has 1 heterocycles. The summed E-state index contributed by atoms with van der Waals surface area (Å²) in [5.41, 5.74) is 0. The van der Waals surface area contributed by atoms with E-state index in [4.69, 9.17) is 14.2 Å². The molecule has 0 aromatic heterocycles. The van der Waals surface area contributed by atoms with Crippen molar-refractivity contribution >= 4 is 25.2 Å². The van der Waals surface area contributed by atoms with Gasteiger partial charge in [0.1, 0.15) is 26.0 Å². The average molecular weight is 350 g/mol. The van der Waals surface area contributed by atoms with Gasteiger partial charge in [-0.25, -0.2) is 0 Å². The summed E-state index contributed by atoms with van der Waals surface area (Å²) < 4.78 is 17.3. The molecule has 24 heavy (non-hydrogen) atoms. The molecule has 0 radical (unpaired) electrons. The monoisotopic (exact) mass is 350 g/mol. The van der Waals surface area contributed by atoms with Crippen molar-refractivity contribution in [3.8, 4) is 0 Å². The predicted octanol–water partition coefficient (Wildman–Crippen LogP) is 2.18. The van der Waals surface area contributed by atoms with Crippen LogP contribution in [0, 0.1) is 0 Å². The zero-order valence-electron chi connectivity index (χ0n) is 15.0. The first-order valence-corrected chi connectivity index (χ1v) is 11.2. The van der Waals surface area contributed by atoms with Crippen LogP contribution < -0.4 is 5.19 Å². The van der Waals surface area contributed by atoms with E-state index in [9.17, 15) is 9.59 Å². The van der Waals surface area contributed by atoms with E-state index in [1.54, 1.807) is 0 Å². The van der Waals surface area contributed by atoms with E-state index in [2.05, 4.69) is 25.2 Å². The number of ether oxygens (including phenoxy) is 3. The van der Waals surface area contributed by atoms with E-state index >= 15 is 0 Å². The standard InChI is InChI=1S/C18H26O5Si/c1-13-11-17(22-15(3)20)18(23-13,12-21-14(2)19)24(4,5)16-9-7-6-8-10-16/h6-10,13,17H,11-12H2,1-5H3/t13-,17+,18?/m0/s1. The first-order valence-electron chi connectivity index (χ1n) is 8.23. The Balaban J connectivity index is 2.49. The molecule has 1 aliphatic heterocycles. The lowest BCUT2D eigenvalue weighted by Crippen LogP contribution is -2.69. The summed E-state index contributed by atoms with van der Waals surface area (Å²) in [7, 11) is -2.31. The molecule has 1 unspecified atom stereocenters. The maximum Gasteiger partial charge on any atom is 0.302 e. The van der Waals surface area contributed by atoms with Crippen LogP contribution in [0.25, 0.3) is 0 Å². The lowest BCUT2D eigenvalue weighted by atomic mass is 10.1. The van der Waals surface area contributed by atoms with Gasteiger partial charge in [0.25, 0.3) is 0 Å². The van der Waals surface area contributed by atoms with Gasteiger partial charge in [-0.1, -0.05) is 48.6 Å². The van der Waals surface area contributed by atoms with Crippen LogP contribution in [-0.2, 0) is 23.8 Å². The quantitative estimate of drug-likeness (QED) is 0.602. The van der Waals surface area contributed by atoms with Gasteiger partial charge in [-0.3, -0.25) is 9.59 Å². The topological polar surface area (TPSA) is 61.8 Å². The zero-order chi connectivity index (χ0) is 18.0. The third kappa shape index (κ3) is 3.54.